The number of aromatic nitrogens is 2. The molecule has 0 radical (unpaired) electrons. The van der Waals surface area contributed by atoms with E-state index in [9.17, 15) is 9.00 Å². The Hall–Kier alpha value is -3.25. The topological polar surface area (TPSA) is 64.0 Å². The van der Waals surface area contributed by atoms with Crippen molar-refractivity contribution in [2.75, 3.05) is 5.32 Å². The molecule has 5 nitrogen and oxygen atoms in total. The molecule has 4 aromatic rings. The molecule has 5 rings (SSSR count). The number of nitrogens with zero attached hydrogens (tertiary/aromatic N) is 2. The number of nitrogens with one attached hydrogen (secondary N) is 1. The Morgan fingerprint density at radius 1 is 0.929 bits per heavy atom. The molecule has 0 saturated carbocycles. The number of hydrogen-bond donors (Lipinski definition) is 1. The fraction of sp³-hybridized carbons (Fsp3) is 0.0909. The van der Waals surface area contributed by atoms with Crippen molar-refractivity contribution in [1.82, 2.24) is 9.78 Å². The van der Waals surface area contributed by atoms with E-state index in [0.29, 0.717) is 22.9 Å². The molecule has 0 bridgehead atoms. The molecule has 0 unspecified atom stereocenters. The van der Waals surface area contributed by atoms with Gasteiger partial charge in [-0.2, -0.15) is 5.10 Å². The average Bonchev–Trinajstić information content (AvgIpc) is 3.25. The molecule has 0 spiro atoms. The van der Waals surface area contributed by atoms with Crippen LogP contribution in [0.2, 0.25) is 0 Å². The van der Waals surface area contributed by atoms with Crippen molar-refractivity contribution < 1.29 is 9.00 Å². The van der Waals surface area contributed by atoms with Crippen molar-refractivity contribution in [3.8, 4) is 5.69 Å². The van der Waals surface area contributed by atoms with Gasteiger partial charge in [-0.15, -0.1) is 0 Å². The smallest absolute Gasteiger partial charge is 0.256 e. The maximum absolute atomic E-state index is 13.0. The van der Waals surface area contributed by atoms with Crippen molar-refractivity contribution in [2.24, 2.45) is 0 Å². The summed E-state index contributed by atoms with van der Waals surface area (Å²) < 4.78 is 13.7. The minimum Gasteiger partial charge on any atom is -0.306 e. The van der Waals surface area contributed by atoms with E-state index in [2.05, 4.69) is 10.4 Å². The summed E-state index contributed by atoms with van der Waals surface area (Å²) in [4.78, 5) is 13.0. The van der Waals surface area contributed by atoms with Gasteiger partial charge in [0.2, 0.25) is 0 Å². The molecule has 1 N–H and O–H groups in total. The number of fused-ring (bicyclic) bond motifs is 2. The van der Waals surface area contributed by atoms with Gasteiger partial charge in [-0.25, -0.2) is 4.68 Å². The lowest BCUT2D eigenvalue weighted by atomic mass is 10.1. The zero-order chi connectivity index (χ0) is 19.1. The molecule has 1 aromatic heterocycles. The third-order valence-corrected chi connectivity index (χ3v) is 6.12. The number of amides is 1. The van der Waals surface area contributed by atoms with Crippen LogP contribution in [0, 0.1) is 0 Å². The monoisotopic (exact) mass is 387 g/mol. The normalized spacial score (nSPS) is 15.5. The molecule has 0 aliphatic carbocycles. The van der Waals surface area contributed by atoms with Crippen molar-refractivity contribution in [3.05, 3.63) is 89.6 Å². The summed E-state index contributed by atoms with van der Waals surface area (Å²) in [6.07, 6.45) is 0. The van der Waals surface area contributed by atoms with Crippen LogP contribution in [-0.2, 0) is 22.3 Å². The van der Waals surface area contributed by atoms with Crippen LogP contribution in [-0.4, -0.2) is 19.9 Å². The highest BCUT2D eigenvalue weighted by Gasteiger charge is 2.28. The van der Waals surface area contributed by atoms with E-state index in [1.807, 2.05) is 72.8 Å². The number of carbonyl (C=O) groups excluding carboxylic acids is 1. The Morgan fingerprint density at radius 2 is 1.68 bits per heavy atom. The van der Waals surface area contributed by atoms with Gasteiger partial charge in [0.1, 0.15) is 5.82 Å². The van der Waals surface area contributed by atoms with E-state index in [-0.39, 0.29) is 5.91 Å². The van der Waals surface area contributed by atoms with Gasteiger partial charge < -0.3 is 5.32 Å². The number of carbonyl (C=O) groups is 1. The summed E-state index contributed by atoms with van der Waals surface area (Å²) in [6, 6.07) is 23.2. The zero-order valence-corrected chi connectivity index (χ0v) is 15.8. The summed E-state index contributed by atoms with van der Waals surface area (Å²) in [5, 5.41) is 9.73. The highest BCUT2D eigenvalue weighted by Crippen LogP contribution is 2.31. The van der Waals surface area contributed by atoms with Gasteiger partial charge in [0, 0.05) is 21.9 Å². The largest absolute Gasteiger partial charge is 0.306 e. The summed E-state index contributed by atoms with van der Waals surface area (Å²) in [5.74, 6) is 1.23. The van der Waals surface area contributed by atoms with Gasteiger partial charge in [-0.1, -0.05) is 48.5 Å². The van der Waals surface area contributed by atoms with Crippen LogP contribution in [0.5, 0.6) is 0 Å². The van der Waals surface area contributed by atoms with Gasteiger partial charge in [0.25, 0.3) is 5.91 Å². The Balaban J connectivity index is 1.55. The van der Waals surface area contributed by atoms with E-state index in [1.54, 1.807) is 4.68 Å². The molecule has 2 heterocycles. The zero-order valence-electron chi connectivity index (χ0n) is 15.0. The van der Waals surface area contributed by atoms with Crippen LogP contribution in [0.3, 0.4) is 0 Å². The Morgan fingerprint density at radius 3 is 2.50 bits per heavy atom. The fourth-order valence-electron chi connectivity index (χ4n) is 3.52. The van der Waals surface area contributed by atoms with E-state index in [4.69, 9.17) is 0 Å². The van der Waals surface area contributed by atoms with Crippen LogP contribution in [0.25, 0.3) is 16.5 Å². The predicted octanol–water partition coefficient (Wildman–Crippen LogP) is 4.04. The van der Waals surface area contributed by atoms with Crippen molar-refractivity contribution in [3.63, 3.8) is 0 Å². The number of para-hydroxylation sites is 1. The summed E-state index contributed by atoms with van der Waals surface area (Å²) in [7, 11) is -0.968. The SMILES string of the molecule is O=C(Nc1c2c(nn1-c1ccccc1)C[S@@](=O)C2)c1ccc2ccccc2c1. The van der Waals surface area contributed by atoms with E-state index in [1.165, 1.54) is 0 Å². The second-order valence-electron chi connectivity index (χ2n) is 6.77. The lowest BCUT2D eigenvalue weighted by molar-refractivity contribution is 0.102. The van der Waals surface area contributed by atoms with Crippen LogP contribution < -0.4 is 5.32 Å². The Kier molecular flexibility index (Phi) is 4.06. The minimum atomic E-state index is -0.968. The number of rotatable bonds is 3. The minimum absolute atomic E-state index is 0.205. The fourth-order valence-corrected chi connectivity index (χ4v) is 4.79. The molecular weight excluding hydrogens is 370 g/mol. The van der Waals surface area contributed by atoms with Crippen LogP contribution in [0.1, 0.15) is 21.6 Å². The molecule has 138 valence electrons. The van der Waals surface area contributed by atoms with E-state index < -0.39 is 10.8 Å². The molecule has 1 aliphatic heterocycles. The molecular formula is C22H17N3O2S. The molecule has 1 atom stereocenters. The second kappa shape index (κ2) is 6.73. The molecule has 1 aliphatic rings. The highest BCUT2D eigenvalue weighted by atomic mass is 32.2. The lowest BCUT2D eigenvalue weighted by Gasteiger charge is -2.11. The van der Waals surface area contributed by atoms with Gasteiger partial charge >= 0.3 is 0 Å². The Bertz CT molecular complexity index is 1230. The first kappa shape index (κ1) is 16.9. The molecule has 1 amide bonds. The summed E-state index contributed by atoms with van der Waals surface area (Å²) in [6.45, 7) is 0. The van der Waals surface area contributed by atoms with E-state index >= 15 is 0 Å². The summed E-state index contributed by atoms with van der Waals surface area (Å²) >= 11 is 0. The van der Waals surface area contributed by atoms with Crippen molar-refractivity contribution >= 4 is 33.3 Å². The average molecular weight is 387 g/mol. The van der Waals surface area contributed by atoms with Gasteiger partial charge in [0.05, 0.1) is 22.9 Å². The number of benzene rings is 3. The Labute approximate surface area is 164 Å². The third kappa shape index (κ3) is 2.92. The van der Waals surface area contributed by atoms with Crippen LogP contribution in [0.4, 0.5) is 5.82 Å². The molecule has 6 heteroatoms. The number of hydrogen-bond acceptors (Lipinski definition) is 3. The third-order valence-electron chi connectivity index (χ3n) is 4.91. The standard InChI is InChI=1S/C22H17N3O2S/c26-22(17-11-10-15-6-4-5-7-16(15)12-17)23-21-19-13-28(27)14-20(19)24-25(21)18-8-2-1-3-9-18/h1-12H,13-14H2,(H,23,26)/t28-/m0/s1. The molecule has 28 heavy (non-hydrogen) atoms. The first-order valence-corrected chi connectivity index (χ1v) is 10.5. The first-order chi connectivity index (χ1) is 13.7. The van der Waals surface area contributed by atoms with Crippen molar-refractivity contribution in [2.45, 2.75) is 11.5 Å². The molecule has 3 aromatic carbocycles. The van der Waals surface area contributed by atoms with Crippen LogP contribution in [0.15, 0.2) is 72.8 Å². The van der Waals surface area contributed by atoms with Crippen molar-refractivity contribution in [1.29, 1.82) is 0 Å². The second-order valence-corrected chi connectivity index (χ2v) is 8.22. The maximum Gasteiger partial charge on any atom is 0.256 e. The predicted molar refractivity (Wildman–Crippen MR) is 111 cm³/mol. The number of anilines is 1. The van der Waals surface area contributed by atoms with Gasteiger partial charge in [0.15, 0.2) is 0 Å². The molecule has 0 saturated heterocycles. The quantitative estimate of drug-likeness (QED) is 0.577. The summed E-state index contributed by atoms with van der Waals surface area (Å²) in [5.41, 5.74) is 3.08. The molecule has 0 fully saturated rings. The maximum atomic E-state index is 13.0. The van der Waals surface area contributed by atoms with Gasteiger partial charge in [-0.05, 0) is 35.0 Å². The van der Waals surface area contributed by atoms with E-state index in [0.717, 1.165) is 27.7 Å². The lowest BCUT2D eigenvalue weighted by Crippen LogP contribution is -2.16. The van der Waals surface area contributed by atoms with Crippen LogP contribution >= 0.6 is 0 Å². The first-order valence-electron chi connectivity index (χ1n) is 9.00. The highest BCUT2D eigenvalue weighted by molar-refractivity contribution is 7.83. The van der Waals surface area contributed by atoms with Gasteiger partial charge in [-0.3, -0.25) is 9.00 Å².